The average Bonchev–Trinajstić information content (AvgIpc) is 2.79. The molecule has 0 spiro atoms. The topological polar surface area (TPSA) is 91.8 Å². The highest BCUT2D eigenvalue weighted by molar-refractivity contribution is 6.30. The Labute approximate surface area is 198 Å². The van der Waals surface area contributed by atoms with Crippen molar-refractivity contribution in [2.75, 3.05) is 20.6 Å². The molecule has 0 bridgehead atoms. The number of benzene rings is 2. The average molecular weight is 468 g/mol. The molecule has 0 unspecified atom stereocenters. The van der Waals surface area contributed by atoms with Crippen LogP contribution < -0.4 is 10.1 Å². The van der Waals surface area contributed by atoms with Crippen molar-refractivity contribution in [3.05, 3.63) is 88.1 Å². The van der Waals surface area contributed by atoms with Gasteiger partial charge >= 0.3 is 5.97 Å². The molecule has 0 saturated carbocycles. The van der Waals surface area contributed by atoms with Gasteiger partial charge in [0.1, 0.15) is 11.3 Å². The number of carboxylic acids is 1. The van der Waals surface area contributed by atoms with Gasteiger partial charge in [-0.3, -0.25) is 4.79 Å². The van der Waals surface area contributed by atoms with Crippen LogP contribution in [0.2, 0.25) is 5.02 Å². The number of likely N-dealkylation sites (N-methyl/N-ethyl adjacent to an activating group) is 1. The van der Waals surface area contributed by atoms with Gasteiger partial charge in [-0.25, -0.2) is 9.78 Å². The molecule has 0 aliphatic rings. The smallest absolute Gasteiger partial charge is 0.335 e. The summed E-state index contributed by atoms with van der Waals surface area (Å²) in [4.78, 5) is 30.3. The Morgan fingerprint density at radius 2 is 1.79 bits per heavy atom. The van der Waals surface area contributed by atoms with Crippen LogP contribution in [0.1, 0.15) is 44.8 Å². The lowest BCUT2D eigenvalue weighted by atomic mass is 10.1. The first-order valence-electron chi connectivity index (χ1n) is 10.4. The molecule has 7 nitrogen and oxygen atoms in total. The zero-order valence-corrected chi connectivity index (χ0v) is 19.5. The largest absolute Gasteiger partial charge is 0.478 e. The van der Waals surface area contributed by atoms with E-state index < -0.39 is 11.9 Å². The van der Waals surface area contributed by atoms with E-state index >= 15 is 0 Å². The normalized spacial score (nSPS) is 11.8. The van der Waals surface area contributed by atoms with Crippen molar-refractivity contribution in [2.24, 2.45) is 0 Å². The number of hydrogen-bond donors (Lipinski definition) is 2. The maximum atomic E-state index is 13.0. The van der Waals surface area contributed by atoms with Crippen molar-refractivity contribution in [3.63, 3.8) is 0 Å². The molecule has 0 fully saturated rings. The summed E-state index contributed by atoms with van der Waals surface area (Å²) in [5, 5.41) is 12.2. The molecule has 0 radical (unpaired) electrons. The van der Waals surface area contributed by atoms with Gasteiger partial charge in [0.2, 0.25) is 5.88 Å². The number of carboxylic acid groups (broad SMARTS) is 1. The Kier molecular flexibility index (Phi) is 8.03. The first-order chi connectivity index (χ1) is 15.7. The molecule has 172 valence electrons. The summed E-state index contributed by atoms with van der Waals surface area (Å²) in [6.45, 7) is 2.75. The molecular formula is C25H26ClN3O4. The minimum Gasteiger partial charge on any atom is -0.478 e. The quantitative estimate of drug-likeness (QED) is 0.468. The SMILES string of the molecule is C[C@H](NC(=O)c1cc(Cl)cnc1Oc1ccc(CCN(C)C)cc1)c1ccc(C(=O)O)cc1. The number of aromatic carboxylic acids is 1. The Morgan fingerprint density at radius 1 is 1.12 bits per heavy atom. The number of halogens is 1. The Morgan fingerprint density at radius 3 is 2.39 bits per heavy atom. The monoisotopic (exact) mass is 467 g/mol. The molecule has 0 saturated heterocycles. The molecule has 1 heterocycles. The van der Waals surface area contributed by atoms with Gasteiger partial charge in [0.25, 0.3) is 5.91 Å². The van der Waals surface area contributed by atoms with Crippen LogP contribution in [-0.2, 0) is 6.42 Å². The number of amides is 1. The molecule has 33 heavy (non-hydrogen) atoms. The third-order valence-corrected chi connectivity index (χ3v) is 5.26. The van der Waals surface area contributed by atoms with E-state index in [4.69, 9.17) is 21.4 Å². The zero-order valence-electron chi connectivity index (χ0n) is 18.7. The Bertz CT molecular complexity index is 1120. The fourth-order valence-electron chi connectivity index (χ4n) is 3.13. The van der Waals surface area contributed by atoms with E-state index in [-0.39, 0.29) is 23.0 Å². The second kappa shape index (κ2) is 10.9. The number of aromatic nitrogens is 1. The standard InChI is InChI=1S/C25H26ClN3O4/c1-16(18-6-8-19(9-7-18)25(31)32)28-23(30)22-14-20(26)15-27-24(22)33-21-10-4-17(5-11-21)12-13-29(2)3/h4-11,14-16H,12-13H2,1-3H3,(H,28,30)(H,31,32)/t16-/m0/s1. The summed E-state index contributed by atoms with van der Waals surface area (Å²) >= 11 is 6.09. The lowest BCUT2D eigenvalue weighted by Crippen LogP contribution is -2.27. The van der Waals surface area contributed by atoms with Crippen LogP contribution >= 0.6 is 11.6 Å². The Hall–Kier alpha value is -3.42. The van der Waals surface area contributed by atoms with E-state index in [1.807, 2.05) is 38.4 Å². The molecule has 2 aromatic carbocycles. The number of carbonyl (C=O) groups excluding carboxylic acids is 1. The van der Waals surface area contributed by atoms with Crippen molar-refractivity contribution in [1.29, 1.82) is 0 Å². The van der Waals surface area contributed by atoms with E-state index in [1.54, 1.807) is 19.1 Å². The summed E-state index contributed by atoms with van der Waals surface area (Å²) in [7, 11) is 4.06. The summed E-state index contributed by atoms with van der Waals surface area (Å²) in [5.41, 5.74) is 2.33. The second-order valence-electron chi connectivity index (χ2n) is 7.93. The van der Waals surface area contributed by atoms with Crippen molar-refractivity contribution < 1.29 is 19.4 Å². The summed E-state index contributed by atoms with van der Waals surface area (Å²) in [6.07, 6.45) is 2.35. The highest BCUT2D eigenvalue weighted by Crippen LogP contribution is 2.26. The number of rotatable bonds is 9. The van der Waals surface area contributed by atoms with Crippen LogP contribution in [0.15, 0.2) is 60.8 Å². The Balaban J connectivity index is 1.73. The van der Waals surface area contributed by atoms with Gasteiger partial charge in [-0.1, -0.05) is 35.9 Å². The molecule has 8 heteroatoms. The van der Waals surface area contributed by atoms with Crippen LogP contribution in [0.3, 0.4) is 0 Å². The van der Waals surface area contributed by atoms with Gasteiger partial charge < -0.3 is 20.1 Å². The number of pyridine rings is 1. The molecule has 3 aromatic rings. The maximum Gasteiger partial charge on any atom is 0.335 e. The minimum atomic E-state index is -1.00. The van der Waals surface area contributed by atoms with Crippen molar-refractivity contribution in [2.45, 2.75) is 19.4 Å². The molecular weight excluding hydrogens is 442 g/mol. The maximum absolute atomic E-state index is 13.0. The highest BCUT2D eigenvalue weighted by atomic mass is 35.5. The van der Waals surface area contributed by atoms with Crippen LogP contribution in [0.4, 0.5) is 0 Å². The molecule has 1 amide bonds. The zero-order chi connectivity index (χ0) is 24.0. The fraction of sp³-hybridized carbons (Fsp3) is 0.240. The van der Waals surface area contributed by atoms with E-state index in [1.165, 1.54) is 30.0 Å². The van der Waals surface area contributed by atoms with Gasteiger partial charge in [-0.05, 0) is 68.9 Å². The fourth-order valence-corrected chi connectivity index (χ4v) is 3.29. The molecule has 1 atom stereocenters. The van der Waals surface area contributed by atoms with Gasteiger partial charge in [0.05, 0.1) is 16.6 Å². The van der Waals surface area contributed by atoms with Gasteiger partial charge in [0.15, 0.2) is 0 Å². The van der Waals surface area contributed by atoms with Crippen molar-refractivity contribution in [1.82, 2.24) is 15.2 Å². The van der Waals surface area contributed by atoms with Gasteiger partial charge in [0, 0.05) is 12.7 Å². The molecule has 3 rings (SSSR count). The summed E-state index contributed by atoms with van der Waals surface area (Å²) < 4.78 is 5.89. The van der Waals surface area contributed by atoms with Crippen LogP contribution in [0.5, 0.6) is 11.6 Å². The number of carbonyl (C=O) groups is 2. The number of nitrogens with one attached hydrogen (secondary N) is 1. The predicted octanol–water partition coefficient (Wildman–Crippen LogP) is 4.82. The minimum absolute atomic E-state index is 0.145. The third kappa shape index (κ3) is 6.78. The predicted molar refractivity (Wildman–Crippen MR) is 127 cm³/mol. The van der Waals surface area contributed by atoms with Gasteiger partial charge in [-0.15, -0.1) is 0 Å². The number of nitrogens with zero attached hydrogens (tertiary/aromatic N) is 2. The molecule has 2 N–H and O–H groups in total. The molecule has 0 aliphatic heterocycles. The lowest BCUT2D eigenvalue weighted by molar-refractivity contribution is 0.0696. The van der Waals surface area contributed by atoms with E-state index in [0.29, 0.717) is 10.8 Å². The van der Waals surface area contributed by atoms with Crippen LogP contribution in [-0.4, -0.2) is 47.5 Å². The van der Waals surface area contributed by atoms with E-state index in [0.717, 1.165) is 18.5 Å². The number of ether oxygens (including phenoxy) is 1. The third-order valence-electron chi connectivity index (χ3n) is 5.05. The molecule has 1 aromatic heterocycles. The summed E-state index contributed by atoms with van der Waals surface area (Å²) in [5.74, 6) is -0.704. The van der Waals surface area contributed by atoms with Crippen molar-refractivity contribution in [3.8, 4) is 11.6 Å². The van der Waals surface area contributed by atoms with Gasteiger partial charge in [-0.2, -0.15) is 0 Å². The summed E-state index contributed by atoms with van der Waals surface area (Å²) in [6, 6.07) is 15.1. The van der Waals surface area contributed by atoms with Crippen molar-refractivity contribution >= 4 is 23.5 Å². The second-order valence-corrected chi connectivity index (χ2v) is 8.36. The lowest BCUT2D eigenvalue weighted by Gasteiger charge is -2.16. The first-order valence-corrected chi connectivity index (χ1v) is 10.8. The van der Waals surface area contributed by atoms with E-state index in [9.17, 15) is 9.59 Å². The molecule has 0 aliphatic carbocycles. The highest BCUT2D eigenvalue weighted by Gasteiger charge is 2.19. The first kappa shape index (κ1) is 24.2. The number of hydrogen-bond acceptors (Lipinski definition) is 5. The van der Waals surface area contributed by atoms with Crippen LogP contribution in [0, 0.1) is 0 Å². The van der Waals surface area contributed by atoms with E-state index in [2.05, 4.69) is 15.2 Å². The van der Waals surface area contributed by atoms with Crippen LogP contribution in [0.25, 0.3) is 0 Å².